The third-order valence-corrected chi connectivity index (χ3v) is 2.60. The molecule has 0 radical (unpaired) electrons. The first-order valence-corrected chi connectivity index (χ1v) is 5.28. The average molecular weight is 208 g/mol. The van der Waals surface area contributed by atoms with Crippen LogP contribution >= 0.6 is 0 Å². The Morgan fingerprint density at radius 1 is 1.60 bits per heavy atom. The lowest BCUT2D eigenvalue weighted by Crippen LogP contribution is -2.30. The maximum absolute atomic E-state index is 9.15. The molecule has 0 aliphatic carbocycles. The normalized spacial score (nSPS) is 21.3. The van der Waals surface area contributed by atoms with Gasteiger partial charge in [0.25, 0.3) is 0 Å². The zero-order valence-corrected chi connectivity index (χ0v) is 8.65. The largest absolute Gasteiger partial charge is 0.392 e. The predicted molar refractivity (Wildman–Crippen MR) is 57.6 cm³/mol. The van der Waals surface area contributed by atoms with E-state index in [4.69, 9.17) is 9.84 Å². The second kappa shape index (κ2) is 5.09. The van der Waals surface area contributed by atoms with Gasteiger partial charge in [0, 0.05) is 24.4 Å². The summed E-state index contributed by atoms with van der Waals surface area (Å²) in [6.45, 7) is 1.64. The SMILES string of the molecule is OCc1ccncc1NC1CCCOC1. The van der Waals surface area contributed by atoms with Crippen LogP contribution in [-0.2, 0) is 11.3 Å². The summed E-state index contributed by atoms with van der Waals surface area (Å²) in [6, 6.07) is 2.17. The summed E-state index contributed by atoms with van der Waals surface area (Å²) < 4.78 is 5.38. The highest BCUT2D eigenvalue weighted by atomic mass is 16.5. The van der Waals surface area contributed by atoms with Crippen LogP contribution < -0.4 is 5.32 Å². The maximum Gasteiger partial charge on any atom is 0.0703 e. The van der Waals surface area contributed by atoms with Crippen LogP contribution in [0.15, 0.2) is 18.5 Å². The van der Waals surface area contributed by atoms with E-state index < -0.39 is 0 Å². The number of aliphatic hydroxyl groups excluding tert-OH is 1. The number of nitrogens with one attached hydrogen (secondary N) is 1. The van der Waals surface area contributed by atoms with Crippen LogP contribution in [0.4, 0.5) is 5.69 Å². The molecule has 4 heteroatoms. The van der Waals surface area contributed by atoms with E-state index >= 15 is 0 Å². The van der Waals surface area contributed by atoms with Gasteiger partial charge in [-0.3, -0.25) is 4.98 Å². The second-order valence-electron chi connectivity index (χ2n) is 3.75. The van der Waals surface area contributed by atoms with Crippen LogP contribution in [0.2, 0.25) is 0 Å². The number of aliphatic hydroxyl groups is 1. The molecule has 2 rings (SSSR count). The van der Waals surface area contributed by atoms with Crippen LogP contribution in [0, 0.1) is 0 Å². The number of ether oxygens (including phenoxy) is 1. The van der Waals surface area contributed by atoms with E-state index in [0.717, 1.165) is 37.3 Å². The summed E-state index contributed by atoms with van der Waals surface area (Å²) in [5, 5.41) is 12.5. The Labute approximate surface area is 89.3 Å². The Morgan fingerprint density at radius 2 is 2.53 bits per heavy atom. The van der Waals surface area contributed by atoms with Crippen LogP contribution in [0.3, 0.4) is 0 Å². The fraction of sp³-hybridized carbons (Fsp3) is 0.545. The number of rotatable bonds is 3. The maximum atomic E-state index is 9.15. The summed E-state index contributed by atoms with van der Waals surface area (Å²) in [5.41, 5.74) is 1.80. The molecule has 0 aromatic carbocycles. The summed E-state index contributed by atoms with van der Waals surface area (Å²) >= 11 is 0. The molecule has 1 saturated heterocycles. The Kier molecular flexibility index (Phi) is 3.53. The van der Waals surface area contributed by atoms with Crippen molar-refractivity contribution in [2.24, 2.45) is 0 Å². The summed E-state index contributed by atoms with van der Waals surface area (Å²) in [5.74, 6) is 0. The molecule has 1 aliphatic rings. The molecule has 0 bridgehead atoms. The van der Waals surface area contributed by atoms with Crippen LogP contribution in [0.1, 0.15) is 18.4 Å². The van der Waals surface area contributed by atoms with Gasteiger partial charge in [-0.2, -0.15) is 0 Å². The van der Waals surface area contributed by atoms with Gasteiger partial charge in [-0.15, -0.1) is 0 Å². The number of aromatic nitrogens is 1. The van der Waals surface area contributed by atoms with Crippen molar-refractivity contribution in [3.63, 3.8) is 0 Å². The first kappa shape index (κ1) is 10.4. The molecule has 1 aromatic heterocycles. The van der Waals surface area contributed by atoms with E-state index in [1.54, 1.807) is 12.4 Å². The standard InChI is InChI=1S/C11H16N2O2/c14-7-9-3-4-12-6-11(9)13-10-2-1-5-15-8-10/h3-4,6,10,13-14H,1-2,5,7-8H2. The van der Waals surface area contributed by atoms with Crippen molar-refractivity contribution in [1.82, 2.24) is 4.98 Å². The van der Waals surface area contributed by atoms with Gasteiger partial charge in [-0.1, -0.05) is 0 Å². The zero-order chi connectivity index (χ0) is 10.5. The molecule has 1 fully saturated rings. The topological polar surface area (TPSA) is 54.4 Å². The van der Waals surface area contributed by atoms with Gasteiger partial charge in [0.05, 0.1) is 25.1 Å². The van der Waals surface area contributed by atoms with Crippen molar-refractivity contribution < 1.29 is 9.84 Å². The lowest BCUT2D eigenvalue weighted by atomic mass is 10.1. The lowest BCUT2D eigenvalue weighted by Gasteiger charge is -2.24. The predicted octanol–water partition coefficient (Wildman–Crippen LogP) is 1.16. The molecule has 0 amide bonds. The first-order valence-electron chi connectivity index (χ1n) is 5.28. The minimum absolute atomic E-state index is 0.0401. The van der Waals surface area contributed by atoms with Crippen molar-refractivity contribution in [2.75, 3.05) is 18.5 Å². The average Bonchev–Trinajstić information content (AvgIpc) is 2.31. The molecule has 1 unspecified atom stereocenters. The number of nitrogens with zero attached hydrogens (tertiary/aromatic N) is 1. The molecule has 1 aliphatic heterocycles. The van der Waals surface area contributed by atoms with Crippen LogP contribution in [0.5, 0.6) is 0 Å². The molecule has 0 saturated carbocycles. The van der Waals surface area contributed by atoms with Gasteiger partial charge in [-0.05, 0) is 18.9 Å². The van der Waals surface area contributed by atoms with Gasteiger partial charge >= 0.3 is 0 Å². The highest BCUT2D eigenvalue weighted by molar-refractivity contribution is 5.49. The molecule has 2 heterocycles. The monoisotopic (exact) mass is 208 g/mol. The van der Waals surface area contributed by atoms with Crippen LogP contribution in [0.25, 0.3) is 0 Å². The van der Waals surface area contributed by atoms with Gasteiger partial charge in [0.1, 0.15) is 0 Å². The minimum atomic E-state index is 0.0401. The Bertz CT molecular complexity index is 311. The van der Waals surface area contributed by atoms with Crippen molar-refractivity contribution in [3.8, 4) is 0 Å². The van der Waals surface area contributed by atoms with E-state index in [-0.39, 0.29) is 6.61 Å². The molecule has 0 spiro atoms. The molecule has 2 N–H and O–H groups in total. The molecule has 1 atom stereocenters. The van der Waals surface area contributed by atoms with Crippen molar-refractivity contribution in [1.29, 1.82) is 0 Å². The molecule has 82 valence electrons. The van der Waals surface area contributed by atoms with Crippen molar-refractivity contribution >= 4 is 5.69 Å². The number of hydrogen-bond donors (Lipinski definition) is 2. The molecule has 1 aromatic rings. The van der Waals surface area contributed by atoms with Gasteiger partial charge in [0.15, 0.2) is 0 Å². The van der Waals surface area contributed by atoms with Crippen LogP contribution in [-0.4, -0.2) is 29.3 Å². The van der Waals surface area contributed by atoms with E-state index in [2.05, 4.69) is 10.3 Å². The number of pyridine rings is 1. The summed E-state index contributed by atoms with van der Waals surface area (Å²) in [7, 11) is 0. The fourth-order valence-corrected chi connectivity index (χ4v) is 1.77. The zero-order valence-electron chi connectivity index (χ0n) is 8.65. The summed E-state index contributed by atoms with van der Waals surface area (Å²) in [4.78, 5) is 4.04. The Hall–Kier alpha value is -1.13. The Morgan fingerprint density at radius 3 is 3.27 bits per heavy atom. The second-order valence-corrected chi connectivity index (χ2v) is 3.75. The molecule has 4 nitrogen and oxygen atoms in total. The molecular formula is C11H16N2O2. The van der Waals surface area contributed by atoms with Gasteiger partial charge < -0.3 is 15.2 Å². The third kappa shape index (κ3) is 2.67. The van der Waals surface area contributed by atoms with Crippen molar-refractivity contribution in [3.05, 3.63) is 24.0 Å². The van der Waals surface area contributed by atoms with E-state index in [1.165, 1.54) is 0 Å². The number of hydrogen-bond acceptors (Lipinski definition) is 4. The first-order chi connectivity index (χ1) is 7.40. The fourth-order valence-electron chi connectivity index (χ4n) is 1.77. The Balaban J connectivity index is 2.02. The molecular weight excluding hydrogens is 192 g/mol. The lowest BCUT2D eigenvalue weighted by molar-refractivity contribution is 0.0875. The third-order valence-electron chi connectivity index (χ3n) is 2.60. The number of anilines is 1. The van der Waals surface area contributed by atoms with Gasteiger partial charge in [0.2, 0.25) is 0 Å². The quantitative estimate of drug-likeness (QED) is 0.782. The smallest absolute Gasteiger partial charge is 0.0703 e. The summed E-state index contributed by atoms with van der Waals surface area (Å²) in [6.07, 6.45) is 5.64. The highest BCUT2D eigenvalue weighted by Crippen LogP contribution is 2.17. The molecule has 15 heavy (non-hydrogen) atoms. The van der Waals surface area contributed by atoms with Gasteiger partial charge in [-0.25, -0.2) is 0 Å². The minimum Gasteiger partial charge on any atom is -0.392 e. The van der Waals surface area contributed by atoms with Crippen molar-refractivity contribution in [2.45, 2.75) is 25.5 Å². The van der Waals surface area contributed by atoms with E-state index in [0.29, 0.717) is 6.04 Å². The van der Waals surface area contributed by atoms with E-state index in [9.17, 15) is 0 Å². The highest BCUT2D eigenvalue weighted by Gasteiger charge is 2.14. The van der Waals surface area contributed by atoms with E-state index in [1.807, 2.05) is 6.07 Å².